The molecule has 0 radical (unpaired) electrons. The first-order valence-corrected chi connectivity index (χ1v) is 9.63. The van der Waals surface area contributed by atoms with Crippen LogP contribution in [-0.2, 0) is 9.59 Å². The Morgan fingerprint density at radius 2 is 1.97 bits per heavy atom. The highest BCUT2D eigenvalue weighted by Crippen LogP contribution is 2.34. The third-order valence-electron chi connectivity index (χ3n) is 4.05. The Morgan fingerprint density at radius 3 is 2.59 bits per heavy atom. The first kappa shape index (κ1) is 20.6. The number of hydrogen-bond acceptors (Lipinski definition) is 5. The van der Waals surface area contributed by atoms with E-state index in [2.05, 4.69) is 33.2 Å². The SMILES string of the molecule is COc1cc(/C=C2/NC(=O)N(C)C2=O)cc(I)c1OCC(=O)Nc1ccccc1. The van der Waals surface area contributed by atoms with Crippen LogP contribution in [0, 0.1) is 3.57 Å². The minimum atomic E-state index is -0.479. The first-order valence-electron chi connectivity index (χ1n) is 8.55. The molecule has 3 rings (SSSR count). The fourth-order valence-electron chi connectivity index (χ4n) is 2.61. The molecule has 150 valence electrons. The van der Waals surface area contributed by atoms with Gasteiger partial charge in [-0.3, -0.25) is 14.5 Å². The minimum absolute atomic E-state index is 0.172. The maximum Gasteiger partial charge on any atom is 0.328 e. The molecule has 2 aromatic rings. The standard InChI is InChI=1S/C20H18IN3O5/c1-24-19(26)15(23-20(24)27)9-12-8-14(21)18(16(10-12)28-2)29-11-17(25)22-13-6-4-3-5-7-13/h3-10H,11H2,1-2H3,(H,22,25)(H,23,27)/b15-9+. The fourth-order valence-corrected chi connectivity index (χ4v) is 3.39. The van der Waals surface area contributed by atoms with Gasteiger partial charge in [0, 0.05) is 12.7 Å². The van der Waals surface area contributed by atoms with Crippen molar-refractivity contribution in [2.75, 3.05) is 26.1 Å². The van der Waals surface area contributed by atoms with Gasteiger partial charge in [-0.15, -0.1) is 0 Å². The van der Waals surface area contributed by atoms with E-state index < -0.39 is 11.9 Å². The summed E-state index contributed by atoms with van der Waals surface area (Å²) in [6, 6.07) is 12.0. The summed E-state index contributed by atoms with van der Waals surface area (Å²) in [5.41, 5.74) is 1.50. The van der Waals surface area contributed by atoms with E-state index in [4.69, 9.17) is 9.47 Å². The molecule has 2 aromatic carbocycles. The molecular formula is C20H18IN3O5. The van der Waals surface area contributed by atoms with Gasteiger partial charge in [-0.2, -0.15) is 0 Å². The fraction of sp³-hybridized carbons (Fsp3) is 0.150. The molecule has 0 bridgehead atoms. The number of halogens is 1. The van der Waals surface area contributed by atoms with E-state index in [0.29, 0.717) is 26.3 Å². The van der Waals surface area contributed by atoms with E-state index >= 15 is 0 Å². The maximum atomic E-state index is 12.1. The highest BCUT2D eigenvalue weighted by Gasteiger charge is 2.30. The molecule has 9 heteroatoms. The zero-order valence-electron chi connectivity index (χ0n) is 15.7. The topological polar surface area (TPSA) is 97.0 Å². The lowest BCUT2D eigenvalue weighted by atomic mass is 10.1. The van der Waals surface area contributed by atoms with Gasteiger partial charge in [0.05, 0.1) is 10.7 Å². The molecule has 0 atom stereocenters. The average Bonchev–Trinajstić information content (AvgIpc) is 2.94. The Bertz CT molecular complexity index is 991. The van der Waals surface area contributed by atoms with Crippen LogP contribution in [-0.4, -0.2) is 43.5 Å². The molecule has 1 fully saturated rings. The molecular weight excluding hydrogens is 489 g/mol. The number of urea groups is 1. The van der Waals surface area contributed by atoms with Crippen LogP contribution < -0.4 is 20.1 Å². The molecule has 1 aliphatic rings. The highest BCUT2D eigenvalue weighted by atomic mass is 127. The number of carbonyl (C=O) groups is 3. The van der Waals surface area contributed by atoms with Gasteiger partial charge in [-0.1, -0.05) is 18.2 Å². The Morgan fingerprint density at radius 1 is 1.24 bits per heavy atom. The number of methoxy groups -OCH3 is 1. The van der Waals surface area contributed by atoms with Crippen molar-refractivity contribution in [3.63, 3.8) is 0 Å². The van der Waals surface area contributed by atoms with Crippen LogP contribution in [0.5, 0.6) is 11.5 Å². The van der Waals surface area contributed by atoms with E-state index in [-0.39, 0.29) is 18.2 Å². The van der Waals surface area contributed by atoms with Crippen molar-refractivity contribution in [1.29, 1.82) is 0 Å². The summed E-state index contributed by atoms with van der Waals surface area (Å²) in [6.45, 7) is -0.193. The monoisotopic (exact) mass is 507 g/mol. The largest absolute Gasteiger partial charge is 0.493 e. The molecule has 0 aromatic heterocycles. The quantitative estimate of drug-likeness (QED) is 0.356. The number of amides is 4. The van der Waals surface area contributed by atoms with Crippen LogP contribution in [0.3, 0.4) is 0 Å². The van der Waals surface area contributed by atoms with Gasteiger partial charge in [-0.25, -0.2) is 4.79 Å². The number of ether oxygens (including phenoxy) is 2. The van der Waals surface area contributed by atoms with Gasteiger partial charge in [0.25, 0.3) is 11.8 Å². The van der Waals surface area contributed by atoms with Crippen LogP contribution in [0.15, 0.2) is 48.2 Å². The lowest BCUT2D eigenvalue weighted by Crippen LogP contribution is -2.25. The smallest absolute Gasteiger partial charge is 0.328 e. The number of anilines is 1. The van der Waals surface area contributed by atoms with Crippen molar-refractivity contribution in [2.24, 2.45) is 0 Å². The molecule has 0 unspecified atom stereocenters. The molecule has 8 nitrogen and oxygen atoms in total. The third kappa shape index (κ3) is 4.86. The molecule has 0 spiro atoms. The van der Waals surface area contributed by atoms with Crippen molar-refractivity contribution >= 4 is 52.2 Å². The maximum absolute atomic E-state index is 12.1. The second kappa shape index (κ2) is 8.95. The lowest BCUT2D eigenvalue weighted by Gasteiger charge is -2.14. The van der Waals surface area contributed by atoms with E-state index in [0.717, 1.165) is 4.90 Å². The second-order valence-electron chi connectivity index (χ2n) is 6.09. The number of nitrogens with zero attached hydrogens (tertiary/aromatic N) is 1. The highest BCUT2D eigenvalue weighted by molar-refractivity contribution is 14.1. The Kier molecular flexibility index (Phi) is 6.37. The third-order valence-corrected chi connectivity index (χ3v) is 4.85. The first-order chi connectivity index (χ1) is 13.9. The number of benzene rings is 2. The molecule has 1 heterocycles. The molecule has 1 aliphatic heterocycles. The van der Waals surface area contributed by atoms with Crippen LogP contribution in [0.1, 0.15) is 5.56 Å². The predicted octanol–water partition coefficient (Wildman–Crippen LogP) is 2.84. The number of carbonyl (C=O) groups excluding carboxylic acids is 3. The zero-order chi connectivity index (χ0) is 21.0. The van der Waals surface area contributed by atoms with Crippen LogP contribution in [0.2, 0.25) is 0 Å². The number of imide groups is 1. The van der Waals surface area contributed by atoms with Gasteiger partial charge in [0.1, 0.15) is 5.70 Å². The van der Waals surface area contributed by atoms with E-state index in [1.54, 1.807) is 30.3 Å². The van der Waals surface area contributed by atoms with E-state index in [1.165, 1.54) is 14.2 Å². The number of rotatable bonds is 6. The van der Waals surface area contributed by atoms with Crippen molar-refractivity contribution in [2.45, 2.75) is 0 Å². The molecule has 29 heavy (non-hydrogen) atoms. The Hall–Kier alpha value is -3.08. The number of hydrogen-bond donors (Lipinski definition) is 2. The average molecular weight is 507 g/mol. The summed E-state index contributed by atoms with van der Waals surface area (Å²) in [6.07, 6.45) is 1.56. The lowest BCUT2D eigenvalue weighted by molar-refractivity contribution is -0.122. The summed E-state index contributed by atoms with van der Waals surface area (Å²) < 4.78 is 11.7. The van der Waals surface area contributed by atoms with Crippen molar-refractivity contribution < 1.29 is 23.9 Å². The Balaban J connectivity index is 1.74. The van der Waals surface area contributed by atoms with Crippen LogP contribution in [0.25, 0.3) is 6.08 Å². The molecule has 0 saturated carbocycles. The number of likely N-dealkylation sites (N-methyl/N-ethyl adjacent to an activating group) is 1. The summed E-state index contributed by atoms with van der Waals surface area (Å²) in [4.78, 5) is 36.7. The molecule has 1 saturated heterocycles. The van der Waals surface area contributed by atoms with Gasteiger partial charge < -0.3 is 20.1 Å². The number of para-hydroxylation sites is 1. The zero-order valence-corrected chi connectivity index (χ0v) is 17.8. The van der Waals surface area contributed by atoms with Crippen molar-refractivity contribution in [3.8, 4) is 11.5 Å². The number of nitrogens with one attached hydrogen (secondary N) is 2. The minimum Gasteiger partial charge on any atom is -0.493 e. The predicted molar refractivity (Wildman–Crippen MR) is 116 cm³/mol. The van der Waals surface area contributed by atoms with Crippen molar-refractivity contribution in [1.82, 2.24) is 10.2 Å². The normalized spacial score (nSPS) is 14.7. The van der Waals surface area contributed by atoms with Gasteiger partial charge in [0.2, 0.25) is 0 Å². The summed E-state index contributed by atoms with van der Waals surface area (Å²) in [5, 5.41) is 5.25. The summed E-state index contributed by atoms with van der Waals surface area (Å²) in [5.74, 6) is 0.100. The van der Waals surface area contributed by atoms with Gasteiger partial charge in [0.15, 0.2) is 18.1 Å². The van der Waals surface area contributed by atoms with Gasteiger partial charge in [-0.05, 0) is 58.5 Å². The van der Waals surface area contributed by atoms with Crippen LogP contribution in [0.4, 0.5) is 10.5 Å². The molecule has 2 N–H and O–H groups in total. The van der Waals surface area contributed by atoms with E-state index in [9.17, 15) is 14.4 Å². The van der Waals surface area contributed by atoms with Crippen molar-refractivity contribution in [3.05, 3.63) is 57.3 Å². The second-order valence-corrected chi connectivity index (χ2v) is 7.25. The molecule has 4 amide bonds. The molecule has 0 aliphatic carbocycles. The Labute approximate surface area is 181 Å². The summed E-state index contributed by atoms with van der Waals surface area (Å²) >= 11 is 2.06. The van der Waals surface area contributed by atoms with E-state index in [1.807, 2.05) is 18.2 Å². The van der Waals surface area contributed by atoms with Crippen LogP contribution >= 0.6 is 22.6 Å². The summed E-state index contributed by atoms with van der Waals surface area (Å²) in [7, 11) is 2.88. The van der Waals surface area contributed by atoms with Gasteiger partial charge >= 0.3 is 6.03 Å².